The van der Waals surface area contributed by atoms with E-state index in [1.54, 1.807) is 67.3 Å². The van der Waals surface area contributed by atoms with Gasteiger partial charge in [-0.2, -0.15) is 0 Å². The zero-order valence-electron chi connectivity index (χ0n) is 26.0. The number of likely N-dealkylation sites (N-methyl/N-ethyl adjacent to an activating group) is 1. The van der Waals surface area contributed by atoms with Gasteiger partial charge in [-0.1, -0.05) is 29.8 Å². The van der Waals surface area contributed by atoms with Crippen molar-refractivity contribution in [1.82, 2.24) is 4.90 Å². The molecule has 1 aliphatic heterocycles. The molecule has 0 saturated carbocycles. The highest BCUT2D eigenvalue weighted by molar-refractivity contribution is 6.30. The summed E-state index contributed by atoms with van der Waals surface area (Å²) < 4.78 is 10.3. The van der Waals surface area contributed by atoms with Gasteiger partial charge in [-0.15, -0.1) is 0 Å². The van der Waals surface area contributed by atoms with Crippen molar-refractivity contribution in [1.29, 1.82) is 0 Å². The number of fused-ring (bicyclic) bond motifs is 1. The number of aryl methyl sites for hydroxylation is 2. The molecule has 11 nitrogen and oxygen atoms in total. The standard InChI is InChI=1S/C34H36ClN3O8/c1-5-45-29(39)19-37(4)34(44)46-30(33(42)43)26-11-8-16-38(28-15-12-22(35)18-27(26)28)32(41)25-14-13-23(17-21(25)3)36-31(40)24-10-7-6-9-20(24)2/h6-7,9-10,12-15,17-18,26,30H,5,8,11,16,19H2,1-4H3,(H,36,40)(H,42,43). The summed E-state index contributed by atoms with van der Waals surface area (Å²) in [5.74, 6) is -3.47. The number of amides is 3. The molecule has 2 unspecified atom stereocenters. The van der Waals surface area contributed by atoms with Crippen LogP contribution in [0.15, 0.2) is 60.7 Å². The molecule has 2 N–H and O–H groups in total. The number of carboxylic acids is 1. The van der Waals surface area contributed by atoms with E-state index in [-0.39, 0.29) is 31.4 Å². The number of hydrogen-bond donors (Lipinski definition) is 2. The van der Waals surface area contributed by atoms with Crippen LogP contribution in [0.25, 0.3) is 0 Å². The van der Waals surface area contributed by atoms with Gasteiger partial charge in [-0.05, 0) is 92.8 Å². The number of carbonyl (C=O) groups is 5. The number of ether oxygens (including phenoxy) is 2. The minimum Gasteiger partial charge on any atom is -0.478 e. The van der Waals surface area contributed by atoms with Crippen molar-refractivity contribution in [2.75, 3.05) is 37.0 Å². The highest BCUT2D eigenvalue weighted by atomic mass is 35.5. The maximum absolute atomic E-state index is 14.0. The number of carboxylic acid groups (broad SMARTS) is 1. The van der Waals surface area contributed by atoms with E-state index in [1.807, 2.05) is 19.1 Å². The van der Waals surface area contributed by atoms with Crippen LogP contribution >= 0.6 is 11.6 Å². The number of rotatable bonds is 9. The van der Waals surface area contributed by atoms with Gasteiger partial charge >= 0.3 is 18.0 Å². The lowest BCUT2D eigenvalue weighted by molar-refractivity contribution is -0.149. The van der Waals surface area contributed by atoms with Gasteiger partial charge in [-0.3, -0.25) is 14.4 Å². The Kier molecular flexibility index (Phi) is 11.0. The van der Waals surface area contributed by atoms with Crippen LogP contribution in [0.1, 0.15) is 63.1 Å². The van der Waals surface area contributed by atoms with E-state index in [2.05, 4.69) is 5.32 Å². The first-order valence-electron chi connectivity index (χ1n) is 14.8. The van der Waals surface area contributed by atoms with Crippen molar-refractivity contribution in [3.05, 3.63) is 93.5 Å². The van der Waals surface area contributed by atoms with Crippen molar-refractivity contribution >= 4 is 52.8 Å². The van der Waals surface area contributed by atoms with Gasteiger partial charge in [0.25, 0.3) is 11.8 Å². The molecule has 2 atom stereocenters. The molecule has 0 spiro atoms. The topological polar surface area (TPSA) is 143 Å². The van der Waals surface area contributed by atoms with Gasteiger partial charge in [-0.25, -0.2) is 9.59 Å². The number of benzene rings is 3. The van der Waals surface area contributed by atoms with Crippen LogP contribution < -0.4 is 10.2 Å². The average Bonchev–Trinajstić information content (AvgIpc) is 3.18. The molecule has 0 saturated heterocycles. The molecule has 46 heavy (non-hydrogen) atoms. The monoisotopic (exact) mass is 649 g/mol. The minimum atomic E-state index is -1.62. The number of hydrogen-bond acceptors (Lipinski definition) is 7. The molecule has 3 aromatic rings. The molecule has 0 bridgehead atoms. The van der Waals surface area contributed by atoms with Crippen LogP contribution in [0, 0.1) is 13.8 Å². The first-order valence-corrected chi connectivity index (χ1v) is 15.2. The SMILES string of the molecule is CCOC(=O)CN(C)C(=O)OC(C(=O)O)C1CCCN(C(=O)c2ccc(NC(=O)c3ccccc3C)cc2C)c2ccc(Cl)cc21. The Labute approximate surface area is 272 Å². The lowest BCUT2D eigenvalue weighted by Gasteiger charge is -2.28. The fourth-order valence-electron chi connectivity index (χ4n) is 5.46. The average molecular weight is 650 g/mol. The quantitative estimate of drug-likeness (QED) is 0.276. The zero-order chi connectivity index (χ0) is 33.5. The first-order chi connectivity index (χ1) is 21.9. The maximum Gasteiger partial charge on any atom is 0.410 e. The molecular weight excluding hydrogens is 614 g/mol. The second-order valence-electron chi connectivity index (χ2n) is 11.0. The minimum absolute atomic E-state index is 0.128. The molecule has 3 amide bonds. The Bertz CT molecular complexity index is 1660. The summed E-state index contributed by atoms with van der Waals surface area (Å²) in [6.07, 6.45) is -1.97. The molecule has 1 aliphatic rings. The largest absolute Gasteiger partial charge is 0.478 e. The normalized spacial score (nSPS) is 14.7. The van der Waals surface area contributed by atoms with Crippen LogP contribution in [0.5, 0.6) is 0 Å². The first kappa shape index (κ1) is 34.0. The van der Waals surface area contributed by atoms with Crippen LogP contribution in [-0.4, -0.2) is 72.7 Å². The predicted molar refractivity (Wildman–Crippen MR) is 173 cm³/mol. The lowest BCUT2D eigenvalue weighted by Crippen LogP contribution is -2.40. The van der Waals surface area contributed by atoms with E-state index in [1.165, 1.54) is 7.05 Å². The van der Waals surface area contributed by atoms with Crippen LogP contribution in [-0.2, 0) is 19.1 Å². The molecule has 0 aromatic heterocycles. The third-order valence-corrected chi connectivity index (χ3v) is 7.98. The summed E-state index contributed by atoms with van der Waals surface area (Å²) in [7, 11) is 1.30. The lowest BCUT2D eigenvalue weighted by atomic mass is 9.88. The van der Waals surface area contributed by atoms with E-state index in [0.717, 1.165) is 10.5 Å². The number of anilines is 2. The number of halogens is 1. The van der Waals surface area contributed by atoms with E-state index in [9.17, 15) is 29.1 Å². The van der Waals surface area contributed by atoms with E-state index in [0.29, 0.717) is 45.1 Å². The molecular formula is C34H36ClN3O8. The molecule has 0 fully saturated rings. The van der Waals surface area contributed by atoms with Crippen LogP contribution in [0.2, 0.25) is 5.02 Å². The molecule has 1 heterocycles. The number of nitrogens with zero attached hydrogens (tertiary/aromatic N) is 2. The summed E-state index contributed by atoms with van der Waals surface area (Å²) in [6.45, 7) is 5.23. The highest BCUT2D eigenvalue weighted by Crippen LogP contribution is 2.40. The third kappa shape index (κ3) is 7.84. The van der Waals surface area contributed by atoms with Gasteiger partial charge in [0.05, 0.1) is 6.61 Å². The molecule has 4 rings (SSSR count). The van der Waals surface area contributed by atoms with Crippen molar-refractivity contribution in [3.63, 3.8) is 0 Å². The number of esters is 1. The predicted octanol–water partition coefficient (Wildman–Crippen LogP) is 5.82. The fourth-order valence-corrected chi connectivity index (χ4v) is 5.64. The number of carbonyl (C=O) groups excluding carboxylic acids is 4. The summed E-state index contributed by atoms with van der Waals surface area (Å²) in [5.41, 5.74) is 3.82. The second kappa shape index (κ2) is 14.9. The zero-order valence-corrected chi connectivity index (χ0v) is 26.8. The number of nitrogens with one attached hydrogen (secondary N) is 1. The highest BCUT2D eigenvalue weighted by Gasteiger charge is 2.38. The van der Waals surface area contributed by atoms with Crippen molar-refractivity contribution in [2.45, 2.75) is 45.6 Å². The van der Waals surface area contributed by atoms with Crippen molar-refractivity contribution in [2.24, 2.45) is 0 Å². The molecule has 12 heteroatoms. The fraction of sp³-hybridized carbons (Fsp3) is 0.324. The van der Waals surface area contributed by atoms with E-state index < -0.39 is 36.6 Å². The Balaban J connectivity index is 1.59. The van der Waals surface area contributed by atoms with Gasteiger partial charge in [0, 0.05) is 47.0 Å². The summed E-state index contributed by atoms with van der Waals surface area (Å²) in [4.78, 5) is 66.5. The Morgan fingerprint density at radius 2 is 1.76 bits per heavy atom. The van der Waals surface area contributed by atoms with Crippen LogP contribution in [0.3, 0.4) is 0 Å². The Hall–Kier alpha value is -4.90. The molecule has 0 radical (unpaired) electrons. The summed E-state index contributed by atoms with van der Waals surface area (Å²) >= 11 is 6.35. The third-order valence-electron chi connectivity index (χ3n) is 7.75. The maximum atomic E-state index is 14.0. The molecule has 242 valence electrons. The van der Waals surface area contributed by atoms with E-state index in [4.69, 9.17) is 21.1 Å². The molecule has 0 aliphatic carbocycles. The van der Waals surface area contributed by atoms with Crippen LogP contribution in [0.4, 0.5) is 16.2 Å². The Morgan fingerprint density at radius 1 is 1.02 bits per heavy atom. The summed E-state index contributed by atoms with van der Waals surface area (Å²) in [5, 5.41) is 13.3. The molecule has 3 aromatic carbocycles. The van der Waals surface area contributed by atoms with Gasteiger partial charge in [0.2, 0.25) is 6.10 Å². The van der Waals surface area contributed by atoms with Gasteiger partial charge in [0.1, 0.15) is 6.54 Å². The second-order valence-corrected chi connectivity index (χ2v) is 11.4. The van der Waals surface area contributed by atoms with E-state index >= 15 is 0 Å². The Morgan fingerprint density at radius 3 is 2.43 bits per heavy atom. The summed E-state index contributed by atoms with van der Waals surface area (Å²) in [6, 6.07) is 17.1. The smallest absolute Gasteiger partial charge is 0.410 e. The van der Waals surface area contributed by atoms with Gasteiger partial charge in [0.15, 0.2) is 0 Å². The van der Waals surface area contributed by atoms with Gasteiger partial charge < -0.3 is 29.7 Å². The number of aliphatic carboxylic acids is 1. The van der Waals surface area contributed by atoms with Crippen molar-refractivity contribution in [3.8, 4) is 0 Å². The van der Waals surface area contributed by atoms with Crippen molar-refractivity contribution < 1.29 is 38.6 Å².